The lowest BCUT2D eigenvalue weighted by Crippen LogP contribution is -2.56. The number of ether oxygens (including phenoxy) is 2. The Balaban J connectivity index is 1.75. The van der Waals surface area contributed by atoms with Gasteiger partial charge in [0.1, 0.15) is 0 Å². The van der Waals surface area contributed by atoms with Crippen LogP contribution >= 0.6 is 0 Å². The highest BCUT2D eigenvalue weighted by Gasteiger charge is 2.44. The van der Waals surface area contributed by atoms with E-state index in [2.05, 4.69) is 0 Å². The van der Waals surface area contributed by atoms with Crippen LogP contribution in [0.2, 0.25) is 0 Å². The Morgan fingerprint density at radius 2 is 1.70 bits per heavy atom. The molecular weight excluding hydrogens is 444 g/mol. The molecule has 3 aromatic rings. The van der Waals surface area contributed by atoms with Gasteiger partial charge in [-0.2, -0.15) is 0 Å². The lowest BCUT2D eigenvalue weighted by Gasteiger charge is -2.39. The molecule has 1 N–H and O–H groups in total. The maximum absolute atomic E-state index is 13.5. The summed E-state index contributed by atoms with van der Waals surface area (Å²) >= 11 is 0. The monoisotopic (exact) mass is 472 g/mol. The molecule has 1 fully saturated rings. The number of likely N-dealkylation sites (tertiary alicyclic amines) is 1. The summed E-state index contributed by atoms with van der Waals surface area (Å²) in [5.41, 5.74) is 1.49. The summed E-state index contributed by atoms with van der Waals surface area (Å²) in [7, 11) is -1.02. The number of nitrogens with zero attached hydrogens (tertiary/aromatic N) is 2. The Hall–Kier alpha value is -2.72. The lowest BCUT2D eigenvalue weighted by atomic mass is 10.0. The Morgan fingerprint density at radius 3 is 2.36 bits per heavy atom. The molecule has 0 atom stereocenters. The minimum atomic E-state index is -3.93. The first-order valence-electron chi connectivity index (χ1n) is 10.8. The van der Waals surface area contributed by atoms with E-state index in [0.717, 1.165) is 11.8 Å². The van der Waals surface area contributed by atoms with Crippen molar-refractivity contribution in [1.82, 2.24) is 8.87 Å². The van der Waals surface area contributed by atoms with Gasteiger partial charge < -0.3 is 19.5 Å². The molecule has 1 saturated heterocycles. The number of aliphatic hydroxyl groups is 1. The second kappa shape index (κ2) is 9.26. The lowest BCUT2D eigenvalue weighted by molar-refractivity contribution is -0.228. The number of amides is 1. The topological polar surface area (TPSA) is 98.1 Å². The van der Waals surface area contributed by atoms with Gasteiger partial charge in [-0.05, 0) is 36.6 Å². The van der Waals surface area contributed by atoms with Crippen LogP contribution in [0, 0.1) is 0 Å². The van der Waals surface area contributed by atoms with Gasteiger partial charge in [0, 0.05) is 39.1 Å². The highest BCUT2D eigenvalue weighted by molar-refractivity contribution is 7.90. The first-order valence-corrected chi connectivity index (χ1v) is 12.3. The Bertz CT molecular complexity index is 1250. The minimum absolute atomic E-state index is 0.142. The summed E-state index contributed by atoms with van der Waals surface area (Å²) in [6.45, 7) is 0.451. The second-order valence-corrected chi connectivity index (χ2v) is 9.78. The van der Waals surface area contributed by atoms with E-state index in [9.17, 15) is 18.3 Å². The SMILES string of the molecule is COC1(OC)CCCN(CCc2c(CO)n(S(=O)(=O)c3ccccc3)c3ccccc23)C1=O. The summed E-state index contributed by atoms with van der Waals surface area (Å²) in [4.78, 5) is 14.8. The molecule has 0 bridgehead atoms. The summed E-state index contributed by atoms with van der Waals surface area (Å²) in [5.74, 6) is -1.53. The zero-order valence-corrected chi connectivity index (χ0v) is 19.5. The van der Waals surface area contributed by atoms with Gasteiger partial charge in [0.25, 0.3) is 15.9 Å². The third-order valence-electron chi connectivity index (χ3n) is 6.31. The van der Waals surface area contributed by atoms with Gasteiger partial charge in [-0.15, -0.1) is 0 Å². The van der Waals surface area contributed by atoms with Crippen molar-refractivity contribution in [3.05, 3.63) is 65.9 Å². The van der Waals surface area contributed by atoms with Crippen LogP contribution in [0.3, 0.4) is 0 Å². The van der Waals surface area contributed by atoms with Crippen molar-refractivity contribution in [2.45, 2.75) is 36.6 Å². The van der Waals surface area contributed by atoms with Crippen LogP contribution in [0.4, 0.5) is 0 Å². The summed E-state index contributed by atoms with van der Waals surface area (Å²) in [6, 6.07) is 15.3. The number of aliphatic hydroxyl groups excluding tert-OH is 1. The number of carbonyl (C=O) groups excluding carboxylic acids is 1. The molecule has 176 valence electrons. The van der Waals surface area contributed by atoms with Crippen LogP contribution in [0.5, 0.6) is 0 Å². The number of piperidine rings is 1. The van der Waals surface area contributed by atoms with Gasteiger partial charge in [-0.3, -0.25) is 4.79 Å². The van der Waals surface area contributed by atoms with E-state index in [4.69, 9.17) is 9.47 Å². The molecule has 1 aliphatic heterocycles. The van der Waals surface area contributed by atoms with Crippen LogP contribution in [-0.4, -0.2) is 61.4 Å². The van der Waals surface area contributed by atoms with E-state index in [1.54, 1.807) is 35.2 Å². The van der Waals surface area contributed by atoms with Gasteiger partial charge in [0.2, 0.25) is 5.79 Å². The van der Waals surface area contributed by atoms with E-state index in [1.807, 2.05) is 12.1 Å². The number of methoxy groups -OCH3 is 2. The fraction of sp³-hybridized carbons (Fsp3) is 0.375. The van der Waals surface area contributed by atoms with Crippen molar-refractivity contribution in [1.29, 1.82) is 0 Å². The van der Waals surface area contributed by atoms with Crippen molar-refractivity contribution >= 4 is 26.8 Å². The molecule has 0 saturated carbocycles. The molecule has 0 spiro atoms. The molecule has 1 aliphatic rings. The maximum Gasteiger partial charge on any atom is 0.282 e. The van der Waals surface area contributed by atoms with E-state index in [0.29, 0.717) is 42.7 Å². The quantitative estimate of drug-likeness (QED) is 0.506. The normalized spacial score (nSPS) is 16.5. The molecule has 4 rings (SSSR count). The zero-order valence-electron chi connectivity index (χ0n) is 18.7. The average Bonchev–Trinajstić information content (AvgIpc) is 3.18. The predicted octanol–water partition coefficient (Wildman–Crippen LogP) is 2.52. The van der Waals surface area contributed by atoms with Crippen molar-refractivity contribution in [3.8, 4) is 0 Å². The fourth-order valence-electron chi connectivity index (χ4n) is 4.61. The highest BCUT2D eigenvalue weighted by atomic mass is 32.2. The standard InChI is InChI=1S/C24H28N2O6S/c1-31-24(32-2)14-8-15-25(23(24)28)16-13-20-19-11-6-7-12-21(19)26(22(20)17-27)33(29,30)18-9-4-3-5-10-18/h3-7,9-12,27H,8,13-17H2,1-2H3. The largest absolute Gasteiger partial charge is 0.390 e. The summed E-state index contributed by atoms with van der Waals surface area (Å²) in [6.07, 6.45) is 1.58. The first-order chi connectivity index (χ1) is 15.9. The predicted molar refractivity (Wildman–Crippen MR) is 123 cm³/mol. The Labute approximate surface area is 193 Å². The molecule has 8 nitrogen and oxygen atoms in total. The molecular formula is C24H28N2O6S. The maximum atomic E-state index is 13.5. The second-order valence-electron chi connectivity index (χ2n) is 7.99. The van der Waals surface area contributed by atoms with Crippen LogP contribution in [0.15, 0.2) is 59.5 Å². The van der Waals surface area contributed by atoms with Crippen molar-refractivity contribution in [2.75, 3.05) is 27.3 Å². The number of para-hydroxylation sites is 1. The van der Waals surface area contributed by atoms with Crippen LogP contribution in [0.25, 0.3) is 10.9 Å². The number of fused-ring (bicyclic) bond motifs is 1. The molecule has 9 heteroatoms. The average molecular weight is 473 g/mol. The molecule has 2 heterocycles. The summed E-state index contributed by atoms with van der Waals surface area (Å²) < 4.78 is 39.1. The number of hydrogen-bond acceptors (Lipinski definition) is 6. The third-order valence-corrected chi connectivity index (χ3v) is 8.08. The zero-order chi connectivity index (χ0) is 23.6. The van der Waals surface area contributed by atoms with Crippen LogP contribution in [0.1, 0.15) is 24.1 Å². The van der Waals surface area contributed by atoms with Gasteiger partial charge in [0.05, 0.1) is 22.7 Å². The van der Waals surface area contributed by atoms with Crippen LogP contribution in [-0.2, 0) is 37.3 Å². The number of aromatic nitrogens is 1. The smallest absolute Gasteiger partial charge is 0.282 e. The van der Waals surface area contributed by atoms with Crippen molar-refractivity contribution < 1.29 is 27.8 Å². The number of rotatable bonds is 8. The van der Waals surface area contributed by atoms with Crippen molar-refractivity contribution in [2.24, 2.45) is 0 Å². The molecule has 1 amide bonds. The molecule has 1 aromatic heterocycles. The number of hydrogen-bond donors (Lipinski definition) is 1. The molecule has 0 radical (unpaired) electrons. The van der Waals surface area contributed by atoms with Gasteiger partial charge in [-0.1, -0.05) is 36.4 Å². The van der Waals surface area contributed by atoms with E-state index in [1.165, 1.54) is 30.3 Å². The Kier molecular flexibility index (Phi) is 6.58. The van der Waals surface area contributed by atoms with E-state index >= 15 is 0 Å². The highest BCUT2D eigenvalue weighted by Crippen LogP contribution is 2.32. The summed E-state index contributed by atoms with van der Waals surface area (Å²) in [5, 5.41) is 11.0. The molecule has 33 heavy (non-hydrogen) atoms. The number of carbonyl (C=O) groups is 1. The molecule has 0 aliphatic carbocycles. The van der Waals surface area contributed by atoms with E-state index < -0.39 is 22.4 Å². The fourth-order valence-corrected chi connectivity index (χ4v) is 6.20. The Morgan fingerprint density at radius 1 is 1.03 bits per heavy atom. The van der Waals surface area contributed by atoms with Crippen LogP contribution < -0.4 is 0 Å². The number of benzene rings is 2. The van der Waals surface area contributed by atoms with E-state index in [-0.39, 0.29) is 10.8 Å². The molecule has 0 unspecified atom stereocenters. The van der Waals surface area contributed by atoms with Gasteiger partial charge in [0.15, 0.2) is 0 Å². The van der Waals surface area contributed by atoms with Gasteiger partial charge >= 0.3 is 0 Å². The third kappa shape index (κ3) is 3.95. The molecule has 2 aromatic carbocycles. The first kappa shape index (κ1) is 23.4. The minimum Gasteiger partial charge on any atom is -0.390 e. The van der Waals surface area contributed by atoms with Crippen molar-refractivity contribution in [3.63, 3.8) is 0 Å². The van der Waals surface area contributed by atoms with Gasteiger partial charge in [-0.25, -0.2) is 12.4 Å².